The van der Waals surface area contributed by atoms with Crippen LogP contribution in [0.25, 0.3) is 0 Å². The Labute approximate surface area is 133 Å². The van der Waals surface area contributed by atoms with Crippen molar-refractivity contribution in [1.82, 2.24) is 9.97 Å². The molecule has 21 heavy (non-hydrogen) atoms. The van der Waals surface area contributed by atoms with Crippen LogP contribution in [-0.4, -0.2) is 16.5 Å². The van der Waals surface area contributed by atoms with Crippen molar-refractivity contribution < 1.29 is 0 Å². The minimum atomic E-state index is 0.532. The SMILES string of the molecule is CC(C)CCNc1ncnc(Nc2ccc(Br)cc2)c1N. The highest BCUT2D eigenvalue weighted by Gasteiger charge is 2.08. The van der Waals surface area contributed by atoms with E-state index >= 15 is 0 Å². The van der Waals surface area contributed by atoms with Crippen molar-refractivity contribution in [2.24, 2.45) is 5.92 Å². The van der Waals surface area contributed by atoms with Gasteiger partial charge in [-0.25, -0.2) is 9.97 Å². The number of nitrogens with two attached hydrogens (primary N) is 1. The molecule has 0 atom stereocenters. The molecule has 1 aromatic carbocycles. The first kappa shape index (κ1) is 15.6. The Kier molecular flexibility index (Phi) is 5.38. The van der Waals surface area contributed by atoms with Gasteiger partial charge in [-0.3, -0.25) is 0 Å². The lowest BCUT2D eigenvalue weighted by molar-refractivity contribution is 0.606. The number of rotatable bonds is 6. The van der Waals surface area contributed by atoms with Gasteiger partial charge in [-0.15, -0.1) is 0 Å². The van der Waals surface area contributed by atoms with Crippen molar-refractivity contribution in [3.63, 3.8) is 0 Å². The quantitative estimate of drug-likeness (QED) is 0.734. The van der Waals surface area contributed by atoms with Gasteiger partial charge in [-0.05, 0) is 36.6 Å². The van der Waals surface area contributed by atoms with Crippen LogP contribution in [0.1, 0.15) is 20.3 Å². The van der Waals surface area contributed by atoms with Gasteiger partial charge in [0.05, 0.1) is 0 Å². The van der Waals surface area contributed by atoms with E-state index in [9.17, 15) is 0 Å². The Morgan fingerprint density at radius 1 is 1.14 bits per heavy atom. The maximum atomic E-state index is 6.12. The first-order chi connectivity index (χ1) is 10.1. The summed E-state index contributed by atoms with van der Waals surface area (Å²) in [6.07, 6.45) is 2.58. The second kappa shape index (κ2) is 7.26. The van der Waals surface area contributed by atoms with Gasteiger partial charge in [-0.1, -0.05) is 29.8 Å². The molecule has 112 valence electrons. The average Bonchev–Trinajstić information content (AvgIpc) is 2.45. The summed E-state index contributed by atoms with van der Waals surface area (Å²) in [6, 6.07) is 7.83. The number of anilines is 4. The summed E-state index contributed by atoms with van der Waals surface area (Å²) in [4.78, 5) is 8.40. The fourth-order valence-electron chi connectivity index (χ4n) is 1.79. The number of nitrogen functional groups attached to an aromatic ring is 1. The molecule has 0 aliphatic rings. The van der Waals surface area contributed by atoms with Crippen molar-refractivity contribution in [3.8, 4) is 0 Å². The molecule has 6 heteroatoms. The third-order valence-corrected chi connectivity index (χ3v) is 3.53. The Bertz CT molecular complexity index is 583. The molecular weight excluding hydrogens is 330 g/mol. The van der Waals surface area contributed by atoms with Gasteiger partial charge in [0.15, 0.2) is 11.6 Å². The smallest absolute Gasteiger partial charge is 0.159 e. The minimum absolute atomic E-state index is 0.532. The fraction of sp³-hybridized carbons (Fsp3) is 0.333. The second-order valence-electron chi connectivity index (χ2n) is 5.23. The van der Waals surface area contributed by atoms with Crippen molar-refractivity contribution in [2.75, 3.05) is 22.9 Å². The number of nitrogens with one attached hydrogen (secondary N) is 2. The summed E-state index contributed by atoms with van der Waals surface area (Å²) < 4.78 is 1.03. The number of hydrogen-bond donors (Lipinski definition) is 3. The summed E-state index contributed by atoms with van der Waals surface area (Å²) in [5.41, 5.74) is 7.58. The van der Waals surface area contributed by atoms with Crippen LogP contribution in [0.15, 0.2) is 35.1 Å². The van der Waals surface area contributed by atoms with Gasteiger partial charge >= 0.3 is 0 Å². The minimum Gasteiger partial charge on any atom is -0.393 e. The van der Waals surface area contributed by atoms with Crippen LogP contribution in [0.2, 0.25) is 0 Å². The number of aromatic nitrogens is 2. The van der Waals surface area contributed by atoms with E-state index in [1.165, 1.54) is 6.33 Å². The van der Waals surface area contributed by atoms with Gasteiger partial charge < -0.3 is 16.4 Å². The third kappa shape index (κ3) is 4.60. The van der Waals surface area contributed by atoms with Crippen LogP contribution in [0.5, 0.6) is 0 Å². The van der Waals surface area contributed by atoms with E-state index in [1.54, 1.807) is 0 Å². The van der Waals surface area contributed by atoms with E-state index in [-0.39, 0.29) is 0 Å². The predicted octanol–water partition coefficient (Wildman–Crippen LogP) is 4.02. The lowest BCUT2D eigenvalue weighted by Gasteiger charge is -2.13. The van der Waals surface area contributed by atoms with Gasteiger partial charge in [0.2, 0.25) is 0 Å². The molecule has 0 aliphatic carbocycles. The summed E-state index contributed by atoms with van der Waals surface area (Å²) in [5, 5.41) is 6.46. The van der Waals surface area contributed by atoms with Crippen molar-refractivity contribution in [1.29, 1.82) is 0 Å². The van der Waals surface area contributed by atoms with Crippen LogP contribution in [0.4, 0.5) is 23.0 Å². The normalized spacial score (nSPS) is 10.7. The van der Waals surface area contributed by atoms with Gasteiger partial charge in [0.25, 0.3) is 0 Å². The van der Waals surface area contributed by atoms with Crippen LogP contribution in [-0.2, 0) is 0 Å². The number of nitrogens with zero attached hydrogens (tertiary/aromatic N) is 2. The molecule has 2 rings (SSSR count). The highest BCUT2D eigenvalue weighted by atomic mass is 79.9. The molecule has 5 nitrogen and oxygen atoms in total. The number of hydrogen-bond acceptors (Lipinski definition) is 5. The Hall–Kier alpha value is -1.82. The molecule has 0 fully saturated rings. The molecule has 0 aliphatic heterocycles. The van der Waals surface area contributed by atoms with Crippen molar-refractivity contribution in [2.45, 2.75) is 20.3 Å². The number of benzene rings is 1. The average molecular weight is 350 g/mol. The maximum absolute atomic E-state index is 6.12. The third-order valence-electron chi connectivity index (χ3n) is 3.01. The summed E-state index contributed by atoms with van der Waals surface area (Å²) in [7, 11) is 0. The molecule has 0 amide bonds. The van der Waals surface area contributed by atoms with Crippen LogP contribution >= 0.6 is 15.9 Å². The molecule has 1 aromatic heterocycles. The summed E-state index contributed by atoms with van der Waals surface area (Å²) in [5.74, 6) is 1.92. The second-order valence-corrected chi connectivity index (χ2v) is 6.14. The zero-order valence-electron chi connectivity index (χ0n) is 12.2. The van der Waals surface area contributed by atoms with Crippen molar-refractivity contribution in [3.05, 3.63) is 35.1 Å². The molecule has 1 heterocycles. The zero-order chi connectivity index (χ0) is 15.2. The van der Waals surface area contributed by atoms with Crippen LogP contribution in [0.3, 0.4) is 0 Å². The first-order valence-corrected chi connectivity index (χ1v) is 7.72. The fourth-order valence-corrected chi connectivity index (χ4v) is 2.05. The van der Waals surface area contributed by atoms with Crippen LogP contribution in [0, 0.1) is 5.92 Å². The van der Waals surface area contributed by atoms with E-state index in [4.69, 9.17) is 5.73 Å². The highest BCUT2D eigenvalue weighted by molar-refractivity contribution is 9.10. The maximum Gasteiger partial charge on any atom is 0.159 e. The number of halogens is 1. The van der Waals surface area contributed by atoms with E-state index in [0.29, 0.717) is 23.2 Å². The largest absolute Gasteiger partial charge is 0.393 e. The van der Waals surface area contributed by atoms with E-state index in [0.717, 1.165) is 23.1 Å². The zero-order valence-corrected chi connectivity index (χ0v) is 13.8. The van der Waals surface area contributed by atoms with E-state index < -0.39 is 0 Å². The van der Waals surface area contributed by atoms with Crippen LogP contribution < -0.4 is 16.4 Å². The molecule has 4 N–H and O–H groups in total. The lowest BCUT2D eigenvalue weighted by Crippen LogP contribution is -2.10. The molecule has 2 aromatic rings. The highest BCUT2D eigenvalue weighted by Crippen LogP contribution is 2.26. The van der Waals surface area contributed by atoms with Gasteiger partial charge in [0.1, 0.15) is 12.0 Å². The molecule has 0 saturated heterocycles. The molecule has 0 radical (unpaired) electrons. The van der Waals surface area contributed by atoms with Crippen molar-refractivity contribution >= 4 is 38.9 Å². The standard InChI is InChI=1S/C15H20BrN5/c1-10(2)7-8-18-14-13(17)15(20-9-19-14)21-12-5-3-11(16)4-6-12/h3-6,9-10H,7-8,17H2,1-2H3,(H2,18,19,20,21). The monoisotopic (exact) mass is 349 g/mol. The molecule has 0 saturated carbocycles. The predicted molar refractivity (Wildman–Crippen MR) is 91.8 cm³/mol. The Balaban J connectivity index is 2.08. The first-order valence-electron chi connectivity index (χ1n) is 6.93. The van der Waals surface area contributed by atoms with E-state index in [1.807, 2.05) is 24.3 Å². The molecular formula is C15H20BrN5. The summed E-state index contributed by atoms with van der Waals surface area (Å²) in [6.45, 7) is 5.22. The topological polar surface area (TPSA) is 75.9 Å². The van der Waals surface area contributed by atoms with Gasteiger partial charge in [0, 0.05) is 16.7 Å². The Morgan fingerprint density at radius 3 is 2.48 bits per heavy atom. The lowest BCUT2D eigenvalue weighted by atomic mass is 10.1. The summed E-state index contributed by atoms with van der Waals surface area (Å²) >= 11 is 3.41. The molecule has 0 spiro atoms. The van der Waals surface area contributed by atoms with Gasteiger partial charge in [-0.2, -0.15) is 0 Å². The molecule has 0 unspecified atom stereocenters. The van der Waals surface area contributed by atoms with E-state index in [2.05, 4.69) is 50.4 Å². The Morgan fingerprint density at radius 2 is 1.81 bits per heavy atom. The molecule has 0 bridgehead atoms.